The Balaban J connectivity index is 1.32. The first-order valence-corrected chi connectivity index (χ1v) is 12.1. The highest BCUT2D eigenvalue weighted by molar-refractivity contribution is 9.10. The predicted octanol–water partition coefficient (Wildman–Crippen LogP) is 5.33. The van der Waals surface area contributed by atoms with Gasteiger partial charge >= 0.3 is 5.97 Å². The Morgan fingerprint density at radius 3 is 2.66 bits per heavy atom. The number of alkyl halides is 1. The average molecular weight is 479 g/mol. The molecule has 0 amide bonds. The summed E-state index contributed by atoms with van der Waals surface area (Å²) in [7, 11) is 0. The number of ether oxygens (including phenoxy) is 1. The minimum absolute atomic E-state index is 0.0805. The van der Waals surface area contributed by atoms with Gasteiger partial charge in [0.1, 0.15) is 4.83 Å². The zero-order valence-corrected chi connectivity index (χ0v) is 19.5. The van der Waals surface area contributed by atoms with E-state index in [1.165, 1.54) is 30.6 Å². The van der Waals surface area contributed by atoms with E-state index in [4.69, 9.17) is 4.74 Å². The van der Waals surface area contributed by atoms with E-state index in [1.54, 1.807) is 6.92 Å². The Morgan fingerprint density at radius 2 is 2.00 bits per heavy atom. The molecule has 0 radical (unpaired) electrons. The van der Waals surface area contributed by atoms with Crippen LogP contribution in [-0.4, -0.2) is 20.3 Å². The first-order valence-electron chi connectivity index (χ1n) is 10.5. The SMILES string of the molecule is Cc1sc2nc([C@H](C)OC(=O)CC34C[C@H]5C[C@@H](CC(Br)(C5)C3)C4)[nH]c(=O)c2c1C. The average Bonchev–Trinajstić information content (AvgIpc) is 2.86. The van der Waals surface area contributed by atoms with Crippen molar-refractivity contribution in [2.24, 2.45) is 17.3 Å². The molecule has 2 aromatic heterocycles. The van der Waals surface area contributed by atoms with E-state index in [9.17, 15) is 9.59 Å². The third-order valence-corrected chi connectivity index (χ3v) is 9.41. The van der Waals surface area contributed by atoms with Gasteiger partial charge in [0.2, 0.25) is 0 Å². The quantitative estimate of drug-likeness (QED) is 0.475. The molecule has 4 aliphatic carbocycles. The van der Waals surface area contributed by atoms with Crippen LogP contribution in [0.5, 0.6) is 0 Å². The first-order chi connectivity index (χ1) is 13.7. The summed E-state index contributed by atoms with van der Waals surface area (Å²) in [4.78, 5) is 34.6. The van der Waals surface area contributed by atoms with Crippen LogP contribution in [0.25, 0.3) is 10.2 Å². The maximum Gasteiger partial charge on any atom is 0.307 e. The number of thiophene rings is 1. The van der Waals surface area contributed by atoms with Crippen molar-refractivity contribution >= 4 is 43.5 Å². The van der Waals surface area contributed by atoms with Gasteiger partial charge in [0, 0.05) is 9.20 Å². The van der Waals surface area contributed by atoms with Gasteiger partial charge < -0.3 is 9.72 Å². The summed E-state index contributed by atoms with van der Waals surface area (Å²) >= 11 is 5.52. The second kappa shape index (κ2) is 6.64. The van der Waals surface area contributed by atoms with Crippen LogP contribution >= 0.6 is 27.3 Å². The van der Waals surface area contributed by atoms with Gasteiger partial charge in [-0.2, -0.15) is 0 Å². The fraction of sp³-hybridized carbons (Fsp3) is 0.682. The summed E-state index contributed by atoms with van der Waals surface area (Å²) in [6.45, 7) is 5.73. The molecular weight excluding hydrogens is 452 g/mol. The van der Waals surface area contributed by atoms with Crippen LogP contribution in [0.2, 0.25) is 0 Å². The number of H-pyrrole nitrogens is 1. The summed E-state index contributed by atoms with van der Waals surface area (Å²) in [5.41, 5.74) is 0.898. The van der Waals surface area contributed by atoms with Crippen LogP contribution in [-0.2, 0) is 9.53 Å². The number of hydrogen-bond donors (Lipinski definition) is 1. The topological polar surface area (TPSA) is 72.0 Å². The summed E-state index contributed by atoms with van der Waals surface area (Å²) in [5, 5.41) is 0.644. The van der Waals surface area contributed by atoms with Crippen LogP contribution in [0.3, 0.4) is 0 Å². The molecule has 7 heteroatoms. The fourth-order valence-electron chi connectivity index (χ4n) is 6.61. The molecular formula is C22H27BrN2O3S. The van der Waals surface area contributed by atoms with Crippen molar-refractivity contribution in [1.82, 2.24) is 9.97 Å². The van der Waals surface area contributed by atoms with E-state index in [0.29, 0.717) is 22.5 Å². The van der Waals surface area contributed by atoms with E-state index in [-0.39, 0.29) is 21.3 Å². The number of aromatic amines is 1. The van der Waals surface area contributed by atoms with Gasteiger partial charge in [-0.25, -0.2) is 4.98 Å². The van der Waals surface area contributed by atoms with Crippen molar-refractivity contribution < 1.29 is 9.53 Å². The van der Waals surface area contributed by atoms with Gasteiger partial charge in [-0.05, 0) is 82.1 Å². The molecule has 3 atom stereocenters. The smallest absolute Gasteiger partial charge is 0.307 e. The number of aromatic nitrogens is 2. The zero-order valence-electron chi connectivity index (χ0n) is 17.1. The molecule has 4 bridgehead atoms. The molecule has 0 aromatic carbocycles. The van der Waals surface area contributed by atoms with E-state index in [2.05, 4.69) is 25.9 Å². The second-order valence-corrected chi connectivity index (χ2v) is 12.7. The number of aryl methyl sites for hydroxylation is 2. The number of nitrogens with one attached hydrogen (secondary N) is 1. The molecule has 4 fully saturated rings. The normalized spacial score (nSPS) is 33.9. The Morgan fingerprint density at radius 1 is 1.31 bits per heavy atom. The number of esters is 1. The first kappa shape index (κ1) is 19.7. The van der Waals surface area contributed by atoms with Crippen molar-refractivity contribution in [2.75, 3.05) is 0 Å². The molecule has 0 spiro atoms. The van der Waals surface area contributed by atoms with Crippen LogP contribution in [0, 0.1) is 31.1 Å². The summed E-state index contributed by atoms with van der Waals surface area (Å²) in [5.74, 6) is 1.74. The second-order valence-electron chi connectivity index (χ2n) is 9.84. The lowest BCUT2D eigenvalue weighted by atomic mass is 9.49. The van der Waals surface area contributed by atoms with Crippen molar-refractivity contribution in [1.29, 1.82) is 0 Å². The van der Waals surface area contributed by atoms with Gasteiger partial charge in [-0.1, -0.05) is 15.9 Å². The molecule has 6 rings (SSSR count). The maximum atomic E-state index is 12.9. The Hall–Kier alpha value is -1.21. The van der Waals surface area contributed by atoms with Crippen LogP contribution in [0.1, 0.15) is 74.2 Å². The lowest BCUT2D eigenvalue weighted by Crippen LogP contribution is -2.53. The molecule has 2 aromatic rings. The van der Waals surface area contributed by atoms with Crippen molar-refractivity contribution in [3.8, 4) is 0 Å². The molecule has 5 nitrogen and oxygen atoms in total. The number of fused-ring (bicyclic) bond motifs is 1. The number of hydrogen-bond acceptors (Lipinski definition) is 5. The number of carbonyl (C=O) groups is 1. The lowest BCUT2D eigenvalue weighted by molar-refractivity contribution is -0.156. The van der Waals surface area contributed by atoms with Crippen LogP contribution in [0.4, 0.5) is 0 Å². The maximum absolute atomic E-state index is 12.9. The highest BCUT2D eigenvalue weighted by atomic mass is 79.9. The van der Waals surface area contributed by atoms with Gasteiger partial charge in [-0.15, -0.1) is 11.3 Å². The molecule has 4 saturated carbocycles. The van der Waals surface area contributed by atoms with Gasteiger partial charge in [-0.3, -0.25) is 9.59 Å². The molecule has 156 valence electrons. The number of nitrogens with zero attached hydrogens (tertiary/aromatic N) is 1. The molecule has 4 aliphatic rings. The fourth-order valence-corrected chi connectivity index (χ4v) is 9.15. The summed E-state index contributed by atoms with van der Waals surface area (Å²) in [6, 6.07) is 0. The van der Waals surface area contributed by atoms with Gasteiger partial charge in [0.05, 0.1) is 11.8 Å². The third kappa shape index (κ3) is 3.38. The highest BCUT2D eigenvalue weighted by Crippen LogP contribution is 2.65. The zero-order chi connectivity index (χ0) is 20.6. The minimum atomic E-state index is -0.561. The Bertz CT molecular complexity index is 1040. The monoisotopic (exact) mass is 478 g/mol. The molecule has 2 heterocycles. The number of rotatable bonds is 4. The number of carbonyl (C=O) groups excluding carboxylic acids is 1. The molecule has 1 N–H and O–H groups in total. The Kier molecular flexibility index (Phi) is 4.52. The van der Waals surface area contributed by atoms with E-state index < -0.39 is 6.10 Å². The highest BCUT2D eigenvalue weighted by Gasteiger charge is 2.57. The van der Waals surface area contributed by atoms with Crippen molar-refractivity contribution in [3.05, 3.63) is 26.6 Å². The van der Waals surface area contributed by atoms with E-state index in [1.807, 2.05) is 13.8 Å². The predicted molar refractivity (Wildman–Crippen MR) is 118 cm³/mol. The van der Waals surface area contributed by atoms with Gasteiger partial charge in [0.25, 0.3) is 5.56 Å². The number of halogens is 1. The summed E-state index contributed by atoms with van der Waals surface area (Å²) < 4.78 is 6.00. The van der Waals surface area contributed by atoms with Gasteiger partial charge in [0.15, 0.2) is 11.9 Å². The lowest BCUT2D eigenvalue weighted by Gasteiger charge is -2.60. The Labute approximate surface area is 182 Å². The van der Waals surface area contributed by atoms with E-state index in [0.717, 1.165) is 41.5 Å². The minimum Gasteiger partial charge on any atom is -0.454 e. The molecule has 0 aliphatic heterocycles. The van der Waals surface area contributed by atoms with Crippen molar-refractivity contribution in [2.45, 2.75) is 76.1 Å². The largest absolute Gasteiger partial charge is 0.454 e. The van der Waals surface area contributed by atoms with E-state index >= 15 is 0 Å². The summed E-state index contributed by atoms with van der Waals surface area (Å²) in [6.07, 6.45) is 7.11. The molecule has 29 heavy (non-hydrogen) atoms. The third-order valence-electron chi connectivity index (χ3n) is 7.38. The van der Waals surface area contributed by atoms with Crippen LogP contribution < -0.4 is 5.56 Å². The molecule has 0 unspecified atom stereocenters. The van der Waals surface area contributed by atoms with Crippen LogP contribution in [0.15, 0.2) is 4.79 Å². The standard InChI is InChI=1S/C22H27BrN2O3S/c1-11-13(3)29-20-17(11)19(27)24-18(25-20)12(2)28-16(26)9-21-5-14-4-15(6-21)8-22(23,7-14)10-21/h12,14-15H,4-10H2,1-3H3,(H,24,25,27)/t12-,14+,15+,21?,22?/m0/s1. The van der Waals surface area contributed by atoms with Crippen molar-refractivity contribution in [3.63, 3.8) is 0 Å². The molecule has 0 saturated heterocycles.